The van der Waals surface area contributed by atoms with Crippen LogP contribution >= 0.6 is 0 Å². The van der Waals surface area contributed by atoms with Gasteiger partial charge in [-0.1, -0.05) is 84.5 Å². The van der Waals surface area contributed by atoms with E-state index in [1.165, 1.54) is 27.8 Å². The zero-order valence-electron chi connectivity index (χ0n) is 24.9. The summed E-state index contributed by atoms with van der Waals surface area (Å²) in [7, 11) is 3.23. The van der Waals surface area contributed by atoms with Gasteiger partial charge in [0.1, 0.15) is 23.9 Å². The Labute approximate surface area is 257 Å². The third-order valence-electron chi connectivity index (χ3n) is 9.11. The molecule has 2 unspecified atom stereocenters. The van der Waals surface area contributed by atoms with Crippen molar-refractivity contribution in [3.05, 3.63) is 137 Å². The van der Waals surface area contributed by atoms with Gasteiger partial charge in [0.25, 0.3) is 0 Å². The number of allylic oxidation sites excluding steroid dienone is 3. The van der Waals surface area contributed by atoms with Gasteiger partial charge in [-0.15, -0.1) is 0 Å². The summed E-state index contributed by atoms with van der Waals surface area (Å²) in [5.41, 5.74) is 8.01. The lowest BCUT2D eigenvalue weighted by Crippen LogP contribution is -2.31. The number of alkyl carbamates (subject to hydrolysis) is 1. The first-order chi connectivity index (χ1) is 21.6. The fourth-order valence-electron chi connectivity index (χ4n) is 6.57. The van der Waals surface area contributed by atoms with Gasteiger partial charge in [-0.05, 0) is 64.9 Å². The second-order valence-corrected chi connectivity index (χ2v) is 11.6. The number of hydrogen-bond acceptors (Lipinski definition) is 5. The number of methoxy groups -OCH3 is 2. The summed E-state index contributed by atoms with van der Waals surface area (Å²) < 4.78 is 23.3. The van der Waals surface area contributed by atoms with E-state index in [4.69, 9.17) is 18.9 Å². The summed E-state index contributed by atoms with van der Waals surface area (Å²) in [5.74, 6) is 2.04. The van der Waals surface area contributed by atoms with Crippen LogP contribution in [0.1, 0.15) is 47.1 Å². The average Bonchev–Trinajstić information content (AvgIpc) is 3.73. The number of rotatable bonds is 10. The van der Waals surface area contributed by atoms with E-state index in [1.807, 2.05) is 66.7 Å². The first kappa shape index (κ1) is 27.8. The number of nitrogens with one attached hydrogen (secondary N) is 1. The summed E-state index contributed by atoms with van der Waals surface area (Å²) in [6.45, 7) is 0.892. The van der Waals surface area contributed by atoms with Gasteiger partial charge in [0.15, 0.2) is 0 Å². The van der Waals surface area contributed by atoms with Crippen molar-refractivity contribution in [1.29, 1.82) is 0 Å². The van der Waals surface area contributed by atoms with E-state index in [-0.39, 0.29) is 17.9 Å². The van der Waals surface area contributed by atoms with E-state index >= 15 is 0 Å². The molecule has 4 aromatic rings. The number of hydrogen-bond donors (Lipinski definition) is 1. The van der Waals surface area contributed by atoms with Crippen LogP contribution in [0.4, 0.5) is 4.79 Å². The lowest BCUT2D eigenvalue weighted by atomic mass is 9.97. The summed E-state index contributed by atoms with van der Waals surface area (Å²) in [5, 5.41) is 3.11. The van der Waals surface area contributed by atoms with Crippen molar-refractivity contribution in [3.63, 3.8) is 0 Å². The summed E-state index contributed by atoms with van der Waals surface area (Å²) in [6, 6.07) is 29.6. The summed E-state index contributed by atoms with van der Waals surface area (Å²) in [4.78, 5) is 13.5. The van der Waals surface area contributed by atoms with E-state index in [0.717, 1.165) is 29.7 Å². The molecular weight excluding hydrogens is 550 g/mol. The molecule has 1 N–H and O–H groups in total. The third kappa shape index (κ3) is 5.21. The number of carbonyl (C=O) groups is 1. The minimum Gasteiger partial charge on any atom is -0.497 e. The quantitative estimate of drug-likeness (QED) is 0.204. The van der Waals surface area contributed by atoms with Crippen LogP contribution in [0.5, 0.6) is 17.2 Å². The fourth-order valence-corrected chi connectivity index (χ4v) is 6.57. The zero-order chi connectivity index (χ0) is 30.1. The molecular formula is C38H35NO5. The zero-order valence-corrected chi connectivity index (χ0v) is 24.9. The van der Waals surface area contributed by atoms with Gasteiger partial charge in [-0.2, -0.15) is 0 Å². The molecule has 0 saturated heterocycles. The highest BCUT2D eigenvalue weighted by Crippen LogP contribution is 2.56. The minimum atomic E-state index is -0.527. The van der Waals surface area contributed by atoms with Crippen LogP contribution in [0.15, 0.2) is 115 Å². The van der Waals surface area contributed by atoms with Crippen LogP contribution < -0.4 is 19.5 Å². The van der Waals surface area contributed by atoms with Crippen LogP contribution in [-0.4, -0.2) is 33.5 Å². The lowest BCUT2D eigenvalue weighted by molar-refractivity contribution is 0.140. The molecule has 1 fully saturated rings. The smallest absolute Gasteiger partial charge is 0.407 e. The molecule has 6 heteroatoms. The SMILES string of the molecule is COc1ccc(C(NC(=O)OCC2c3ccccc3-c3ccccc32)c2ccc(OCC34CC=CC=C3C4)cc2)c(OC)c1. The molecule has 0 heterocycles. The van der Waals surface area contributed by atoms with Crippen molar-refractivity contribution in [3.8, 4) is 28.4 Å². The van der Waals surface area contributed by atoms with Crippen molar-refractivity contribution in [2.24, 2.45) is 5.41 Å². The highest BCUT2D eigenvalue weighted by Gasteiger charge is 2.49. The van der Waals surface area contributed by atoms with Crippen LogP contribution in [0.25, 0.3) is 11.1 Å². The summed E-state index contributed by atoms with van der Waals surface area (Å²) in [6.07, 6.45) is 8.17. The van der Waals surface area contributed by atoms with Crippen molar-refractivity contribution < 1.29 is 23.7 Å². The maximum Gasteiger partial charge on any atom is 0.407 e. The van der Waals surface area contributed by atoms with Crippen molar-refractivity contribution in [2.75, 3.05) is 27.4 Å². The summed E-state index contributed by atoms with van der Waals surface area (Å²) >= 11 is 0. The predicted molar refractivity (Wildman–Crippen MR) is 170 cm³/mol. The van der Waals surface area contributed by atoms with Gasteiger partial charge in [0.05, 0.1) is 26.9 Å². The van der Waals surface area contributed by atoms with Crippen LogP contribution in [0.2, 0.25) is 0 Å². The molecule has 2 atom stereocenters. The topological polar surface area (TPSA) is 66.0 Å². The lowest BCUT2D eigenvalue weighted by Gasteiger charge is -2.23. The van der Waals surface area contributed by atoms with E-state index in [1.54, 1.807) is 14.2 Å². The van der Waals surface area contributed by atoms with Crippen LogP contribution in [0, 0.1) is 5.41 Å². The average molecular weight is 586 g/mol. The Balaban J connectivity index is 1.10. The van der Waals surface area contributed by atoms with Gasteiger partial charge in [0.2, 0.25) is 0 Å². The van der Waals surface area contributed by atoms with Gasteiger partial charge in [0, 0.05) is 23.0 Å². The maximum absolute atomic E-state index is 13.5. The standard InChI is InChI=1S/C38H35NO5/c1-41-28-18-19-33(35(21-28)42-2)36(25-14-16-27(17-15-25)44-24-38-20-8-7-9-26(38)22-38)39-37(40)43-23-34-31-12-5-3-10-29(31)30-11-4-6-13-32(30)34/h3-19,21,34,36H,20,22-24H2,1-2H3,(H,39,40). The number of benzene rings is 4. The molecule has 7 rings (SSSR count). The van der Waals surface area contributed by atoms with Gasteiger partial charge >= 0.3 is 6.09 Å². The molecule has 0 spiro atoms. The van der Waals surface area contributed by atoms with Gasteiger partial charge in [-0.3, -0.25) is 0 Å². The fraction of sp³-hybridized carbons (Fsp3) is 0.237. The first-order valence-electron chi connectivity index (χ1n) is 15.0. The van der Waals surface area contributed by atoms with Gasteiger partial charge < -0.3 is 24.3 Å². The molecule has 44 heavy (non-hydrogen) atoms. The highest BCUT2D eigenvalue weighted by molar-refractivity contribution is 5.79. The van der Waals surface area contributed by atoms with Crippen molar-refractivity contribution in [1.82, 2.24) is 5.32 Å². The molecule has 1 amide bonds. The Morgan fingerprint density at radius 3 is 2.27 bits per heavy atom. The van der Waals surface area contributed by atoms with Crippen molar-refractivity contribution >= 4 is 6.09 Å². The largest absolute Gasteiger partial charge is 0.497 e. The Hall–Kier alpha value is -4.97. The van der Waals surface area contributed by atoms with E-state index < -0.39 is 12.1 Å². The molecule has 0 aromatic heterocycles. The molecule has 4 aromatic carbocycles. The Bertz CT molecular complexity index is 1710. The predicted octanol–water partition coefficient (Wildman–Crippen LogP) is 7.99. The molecule has 6 nitrogen and oxygen atoms in total. The molecule has 3 aliphatic carbocycles. The minimum absolute atomic E-state index is 0.0282. The molecule has 0 aliphatic heterocycles. The molecule has 222 valence electrons. The number of fused-ring (bicyclic) bond motifs is 4. The Kier molecular flexibility index (Phi) is 7.34. The number of ether oxygens (including phenoxy) is 4. The second-order valence-electron chi connectivity index (χ2n) is 11.6. The van der Waals surface area contributed by atoms with E-state index in [0.29, 0.717) is 18.1 Å². The van der Waals surface area contributed by atoms with E-state index in [9.17, 15) is 4.79 Å². The third-order valence-corrected chi connectivity index (χ3v) is 9.11. The molecule has 0 radical (unpaired) electrons. The first-order valence-corrected chi connectivity index (χ1v) is 15.0. The Morgan fingerprint density at radius 2 is 1.59 bits per heavy atom. The maximum atomic E-state index is 13.5. The second kappa shape index (κ2) is 11.6. The van der Waals surface area contributed by atoms with Gasteiger partial charge in [-0.25, -0.2) is 4.79 Å². The molecule has 3 aliphatic rings. The molecule has 1 saturated carbocycles. The highest BCUT2D eigenvalue weighted by atomic mass is 16.5. The Morgan fingerprint density at radius 1 is 0.886 bits per heavy atom. The van der Waals surface area contributed by atoms with E-state index in [2.05, 4.69) is 47.8 Å². The van der Waals surface area contributed by atoms with Crippen molar-refractivity contribution in [2.45, 2.75) is 24.8 Å². The number of amides is 1. The number of carbonyl (C=O) groups excluding carboxylic acids is 1. The van der Waals surface area contributed by atoms with Crippen LogP contribution in [-0.2, 0) is 4.74 Å². The molecule has 0 bridgehead atoms. The normalized spacial score (nSPS) is 18.3. The monoisotopic (exact) mass is 585 g/mol. The van der Waals surface area contributed by atoms with Crippen LogP contribution in [0.3, 0.4) is 0 Å².